The second-order valence-corrected chi connectivity index (χ2v) is 10.5. The summed E-state index contributed by atoms with van der Waals surface area (Å²) in [5.74, 6) is 0.104. The first-order valence-corrected chi connectivity index (χ1v) is 14.1. The molecule has 232 valence electrons. The molecule has 0 radical (unpaired) electrons. The molecule has 1 saturated heterocycles. The molecule has 2 aromatic rings. The lowest BCUT2D eigenvalue weighted by molar-refractivity contribution is -0.137. The highest BCUT2D eigenvalue weighted by Crippen LogP contribution is 2.34. The van der Waals surface area contributed by atoms with Crippen LogP contribution in [-0.2, 0) is 27.0 Å². The Morgan fingerprint density at radius 3 is 2.38 bits per heavy atom. The van der Waals surface area contributed by atoms with Gasteiger partial charge < -0.3 is 35.2 Å². The van der Waals surface area contributed by atoms with Gasteiger partial charge in [-0.2, -0.15) is 13.2 Å². The number of likely N-dealkylation sites (N-methyl/N-ethyl adjacent to an activating group) is 1. The van der Waals surface area contributed by atoms with Crippen LogP contribution in [-0.4, -0.2) is 83.4 Å². The van der Waals surface area contributed by atoms with Gasteiger partial charge in [0.1, 0.15) is 5.75 Å². The summed E-state index contributed by atoms with van der Waals surface area (Å²) in [4.78, 5) is 29.5. The largest absolute Gasteiger partial charge is 0.497 e. The van der Waals surface area contributed by atoms with E-state index in [9.17, 15) is 22.8 Å². The van der Waals surface area contributed by atoms with Gasteiger partial charge in [0.05, 0.1) is 37.8 Å². The average molecular weight is 614 g/mol. The number of anilines is 1. The van der Waals surface area contributed by atoms with Gasteiger partial charge in [-0.3, -0.25) is 9.59 Å². The van der Waals surface area contributed by atoms with E-state index in [-0.39, 0.29) is 37.4 Å². The number of amides is 2. The lowest BCUT2D eigenvalue weighted by atomic mass is 10.0. The third kappa shape index (κ3) is 9.22. The van der Waals surface area contributed by atoms with Crippen LogP contribution in [0, 0.1) is 0 Å². The van der Waals surface area contributed by atoms with Crippen molar-refractivity contribution >= 4 is 29.1 Å². The van der Waals surface area contributed by atoms with Crippen LogP contribution in [0.15, 0.2) is 36.4 Å². The van der Waals surface area contributed by atoms with Crippen molar-refractivity contribution < 1.29 is 32.2 Å². The van der Waals surface area contributed by atoms with E-state index in [0.29, 0.717) is 60.3 Å². The molecule has 1 fully saturated rings. The highest BCUT2D eigenvalue weighted by Gasteiger charge is 2.32. The Morgan fingerprint density at radius 1 is 1.07 bits per heavy atom. The van der Waals surface area contributed by atoms with E-state index < -0.39 is 17.8 Å². The van der Waals surface area contributed by atoms with Crippen LogP contribution >= 0.6 is 11.6 Å². The Labute approximate surface area is 249 Å². The first-order chi connectivity index (χ1) is 20.0. The summed E-state index contributed by atoms with van der Waals surface area (Å²) in [5.41, 5.74) is 1.10. The lowest BCUT2D eigenvalue weighted by Crippen LogP contribution is -2.50. The highest BCUT2D eigenvalue weighted by molar-refractivity contribution is 6.31. The zero-order valence-corrected chi connectivity index (χ0v) is 25.1. The SMILES string of the molecule is CNCC(=O)NC(CC(=O)N1CCN(c2ccc(C(F)(F)F)cc2CNCC(C)OC)CC1)c1ccc(OC)cc1Cl. The molecule has 13 heteroatoms. The van der Waals surface area contributed by atoms with Crippen molar-refractivity contribution in [3.63, 3.8) is 0 Å². The Bertz CT molecular complexity index is 1210. The molecule has 0 aromatic heterocycles. The normalized spacial score (nSPS) is 15.3. The van der Waals surface area contributed by atoms with Crippen molar-refractivity contribution in [2.24, 2.45) is 0 Å². The molecular weight excluding hydrogens is 575 g/mol. The zero-order chi connectivity index (χ0) is 30.9. The molecule has 0 bridgehead atoms. The fourth-order valence-electron chi connectivity index (χ4n) is 4.77. The maximum atomic E-state index is 13.5. The number of hydrogen-bond donors (Lipinski definition) is 3. The van der Waals surface area contributed by atoms with Gasteiger partial charge in [-0.15, -0.1) is 0 Å². The smallest absolute Gasteiger partial charge is 0.416 e. The minimum absolute atomic E-state index is 0.00532. The van der Waals surface area contributed by atoms with Crippen molar-refractivity contribution in [3.8, 4) is 5.75 Å². The maximum absolute atomic E-state index is 13.5. The monoisotopic (exact) mass is 613 g/mol. The van der Waals surface area contributed by atoms with Gasteiger partial charge in [0, 0.05) is 57.1 Å². The van der Waals surface area contributed by atoms with E-state index in [4.69, 9.17) is 21.1 Å². The Kier molecular flexibility index (Phi) is 12.3. The van der Waals surface area contributed by atoms with Crippen molar-refractivity contribution in [1.29, 1.82) is 0 Å². The van der Waals surface area contributed by atoms with Crippen LogP contribution in [0.2, 0.25) is 5.02 Å². The highest BCUT2D eigenvalue weighted by atomic mass is 35.5. The number of nitrogens with one attached hydrogen (secondary N) is 3. The number of ether oxygens (including phenoxy) is 2. The van der Waals surface area contributed by atoms with Crippen LogP contribution in [0.4, 0.5) is 18.9 Å². The minimum Gasteiger partial charge on any atom is -0.497 e. The zero-order valence-electron chi connectivity index (χ0n) is 24.3. The predicted molar refractivity (Wildman–Crippen MR) is 156 cm³/mol. The molecule has 1 aliphatic heterocycles. The molecule has 2 atom stereocenters. The van der Waals surface area contributed by atoms with Crippen molar-refractivity contribution in [2.45, 2.75) is 38.2 Å². The summed E-state index contributed by atoms with van der Waals surface area (Å²) in [6.45, 7) is 4.31. The van der Waals surface area contributed by atoms with Crippen LogP contribution in [0.1, 0.15) is 36.1 Å². The van der Waals surface area contributed by atoms with E-state index in [1.54, 1.807) is 37.3 Å². The van der Waals surface area contributed by atoms with Crippen LogP contribution in [0.5, 0.6) is 5.75 Å². The Morgan fingerprint density at radius 2 is 1.79 bits per heavy atom. The van der Waals surface area contributed by atoms with Gasteiger partial charge in [-0.25, -0.2) is 0 Å². The first kappa shape index (κ1) is 33.4. The fraction of sp³-hybridized carbons (Fsp3) is 0.517. The van der Waals surface area contributed by atoms with Crippen LogP contribution in [0.3, 0.4) is 0 Å². The summed E-state index contributed by atoms with van der Waals surface area (Å²) in [5, 5.41) is 9.21. The lowest BCUT2D eigenvalue weighted by Gasteiger charge is -2.38. The Balaban J connectivity index is 1.71. The molecule has 1 heterocycles. The standard InChI is InChI=1S/C29H39ClF3N5O4/c1-19(41-3)16-35-17-20-13-21(29(31,32)33)5-8-26(20)37-9-11-38(12-10-37)28(40)15-25(36-27(39)18-34-2)23-7-6-22(42-4)14-24(23)30/h5-8,13-14,19,25,34-35H,9-12,15-18H2,1-4H3,(H,36,39). The second-order valence-electron chi connectivity index (χ2n) is 10.1. The van der Waals surface area contributed by atoms with Gasteiger partial charge in [0.25, 0.3) is 0 Å². The van der Waals surface area contributed by atoms with Gasteiger partial charge in [0.15, 0.2) is 0 Å². The van der Waals surface area contributed by atoms with Crippen molar-refractivity contribution in [3.05, 3.63) is 58.1 Å². The third-order valence-electron chi connectivity index (χ3n) is 7.16. The number of hydrogen-bond acceptors (Lipinski definition) is 7. The maximum Gasteiger partial charge on any atom is 0.416 e. The number of methoxy groups -OCH3 is 2. The average Bonchev–Trinajstić information content (AvgIpc) is 2.96. The van der Waals surface area contributed by atoms with E-state index in [1.165, 1.54) is 19.2 Å². The molecule has 9 nitrogen and oxygen atoms in total. The number of carbonyl (C=O) groups excluding carboxylic acids is 2. The summed E-state index contributed by atoms with van der Waals surface area (Å²) < 4.78 is 50.8. The minimum atomic E-state index is -4.45. The van der Waals surface area contributed by atoms with Crippen molar-refractivity contribution in [2.75, 3.05) is 65.4 Å². The van der Waals surface area contributed by atoms with E-state index >= 15 is 0 Å². The summed E-state index contributed by atoms with van der Waals surface area (Å²) in [6, 6.07) is 8.18. The third-order valence-corrected chi connectivity index (χ3v) is 7.49. The first-order valence-electron chi connectivity index (χ1n) is 13.7. The molecule has 0 spiro atoms. The Hall–Kier alpha value is -3.06. The molecule has 3 N–H and O–H groups in total. The summed E-state index contributed by atoms with van der Waals surface area (Å²) in [7, 11) is 4.75. The summed E-state index contributed by atoms with van der Waals surface area (Å²) >= 11 is 6.47. The number of benzene rings is 2. The fourth-order valence-corrected chi connectivity index (χ4v) is 5.07. The number of carbonyl (C=O) groups is 2. The van der Waals surface area contributed by atoms with Crippen molar-refractivity contribution in [1.82, 2.24) is 20.9 Å². The molecule has 0 aliphatic carbocycles. The van der Waals surface area contributed by atoms with E-state index in [2.05, 4.69) is 16.0 Å². The number of rotatable bonds is 13. The van der Waals surface area contributed by atoms with Gasteiger partial charge in [-0.1, -0.05) is 17.7 Å². The van der Waals surface area contributed by atoms with Gasteiger partial charge in [0.2, 0.25) is 11.8 Å². The van der Waals surface area contributed by atoms with Crippen LogP contribution < -0.4 is 25.6 Å². The van der Waals surface area contributed by atoms with Gasteiger partial charge >= 0.3 is 6.18 Å². The molecule has 1 aliphatic rings. The van der Waals surface area contributed by atoms with Gasteiger partial charge in [-0.05, 0) is 55.4 Å². The topological polar surface area (TPSA) is 95.2 Å². The number of halogens is 4. The van der Waals surface area contributed by atoms with Crippen LogP contribution in [0.25, 0.3) is 0 Å². The second kappa shape index (κ2) is 15.4. The number of piperazine rings is 1. The summed E-state index contributed by atoms with van der Waals surface area (Å²) in [6.07, 6.45) is -4.55. The number of nitrogens with zero attached hydrogens (tertiary/aromatic N) is 2. The molecule has 42 heavy (non-hydrogen) atoms. The molecule has 0 saturated carbocycles. The molecule has 2 aromatic carbocycles. The van der Waals surface area contributed by atoms with E-state index in [0.717, 1.165) is 6.07 Å². The predicted octanol–water partition coefficient (Wildman–Crippen LogP) is 3.61. The van der Waals surface area contributed by atoms with E-state index in [1.807, 2.05) is 11.8 Å². The number of alkyl halides is 3. The molecule has 3 rings (SSSR count). The molecular formula is C29H39ClF3N5O4. The molecule has 2 amide bonds. The molecule has 2 unspecified atom stereocenters. The quantitative estimate of drug-likeness (QED) is 0.318.